The first kappa shape index (κ1) is 35.4. The Morgan fingerprint density at radius 2 is 1.14 bits per heavy atom. The molecule has 9 atom stereocenters. The number of amides is 2. The molecule has 0 aromatic rings. The Kier molecular flexibility index (Phi) is 13.3. The van der Waals surface area contributed by atoms with Crippen LogP contribution in [0.25, 0.3) is 0 Å². The number of carbonyl (C=O) groups excluding carboxylic acids is 7. The Hall–Kier alpha value is -3.83. The zero-order valence-electron chi connectivity index (χ0n) is 24.9. The standard InChI is InChI=1S/C26H38N2O15/c1-11(29)27-21-19(38-15(5)33)8-18(9-36-13(3)31)41-25(21)43-23-20(10-37-14(4)32)42-26(40-17(7)35)22(28-12(2)30)24(23)39-16(6)34/h18-26H,8-10H2,1-7H3,(H,27,29)(H,28,30)/t18-,19-,20+,21+,22+,23+,24+,25-,26+/m0/s1. The molecule has 2 amide bonds. The molecule has 0 aliphatic carbocycles. The van der Waals surface area contributed by atoms with Gasteiger partial charge >= 0.3 is 29.8 Å². The van der Waals surface area contributed by atoms with Gasteiger partial charge in [-0.25, -0.2) is 0 Å². The summed E-state index contributed by atoms with van der Waals surface area (Å²) in [6, 6.07) is -2.47. The van der Waals surface area contributed by atoms with Crippen LogP contribution in [-0.4, -0.2) is 110 Å². The van der Waals surface area contributed by atoms with Gasteiger partial charge in [-0.15, -0.1) is 0 Å². The molecule has 0 unspecified atom stereocenters. The van der Waals surface area contributed by atoms with Crippen molar-refractivity contribution in [1.82, 2.24) is 10.6 Å². The summed E-state index contributed by atoms with van der Waals surface area (Å²) in [4.78, 5) is 83.5. The summed E-state index contributed by atoms with van der Waals surface area (Å²) in [5, 5.41) is 5.14. The normalized spacial score (nSPS) is 30.2. The number of nitrogens with one attached hydrogen (secondary N) is 2. The number of carbonyl (C=O) groups is 7. The van der Waals surface area contributed by atoms with Crippen LogP contribution < -0.4 is 10.6 Å². The van der Waals surface area contributed by atoms with E-state index >= 15 is 0 Å². The minimum absolute atomic E-state index is 0.00781. The molecule has 43 heavy (non-hydrogen) atoms. The van der Waals surface area contributed by atoms with Crippen LogP contribution in [0, 0.1) is 0 Å². The quantitative estimate of drug-likeness (QED) is 0.205. The molecule has 2 saturated heterocycles. The van der Waals surface area contributed by atoms with Gasteiger partial charge in [-0.05, 0) is 0 Å². The largest absolute Gasteiger partial charge is 0.463 e. The van der Waals surface area contributed by atoms with Crippen molar-refractivity contribution in [3.05, 3.63) is 0 Å². The highest BCUT2D eigenvalue weighted by Gasteiger charge is 2.54. The van der Waals surface area contributed by atoms with E-state index in [2.05, 4.69) is 10.6 Å². The Labute approximate surface area is 247 Å². The van der Waals surface area contributed by atoms with E-state index < -0.39 is 103 Å². The average molecular weight is 619 g/mol. The van der Waals surface area contributed by atoms with Crippen LogP contribution in [0.2, 0.25) is 0 Å². The third-order valence-electron chi connectivity index (χ3n) is 6.02. The zero-order valence-corrected chi connectivity index (χ0v) is 24.9. The average Bonchev–Trinajstić information content (AvgIpc) is 2.85. The number of hydrogen-bond acceptors (Lipinski definition) is 15. The first-order chi connectivity index (χ1) is 20.1. The SMILES string of the molecule is CC(=O)N[C@H]1[C@H](OC(C)=O)O[C@H](COC(C)=O)[C@@H](O[C@@H]2O[C@H](COC(C)=O)C[C@H](OC(C)=O)[C@H]2NC(C)=O)[C@@H]1OC(C)=O. The predicted octanol–water partition coefficient (Wildman–Crippen LogP) is -1.23. The lowest BCUT2D eigenvalue weighted by atomic mass is 9.95. The van der Waals surface area contributed by atoms with Gasteiger partial charge in [-0.2, -0.15) is 0 Å². The lowest BCUT2D eigenvalue weighted by Crippen LogP contribution is -2.68. The summed E-state index contributed by atoms with van der Waals surface area (Å²) in [5.74, 6) is -4.78. The fraction of sp³-hybridized carbons (Fsp3) is 0.731. The van der Waals surface area contributed by atoms with Crippen molar-refractivity contribution >= 4 is 41.7 Å². The smallest absolute Gasteiger partial charge is 0.305 e. The van der Waals surface area contributed by atoms with Crippen molar-refractivity contribution in [3.8, 4) is 0 Å². The fourth-order valence-electron chi connectivity index (χ4n) is 4.62. The van der Waals surface area contributed by atoms with E-state index in [0.717, 1.165) is 34.6 Å². The highest BCUT2D eigenvalue weighted by Crippen LogP contribution is 2.32. The molecular formula is C26H38N2O15. The summed E-state index contributed by atoms with van der Waals surface area (Å²) >= 11 is 0. The predicted molar refractivity (Wildman–Crippen MR) is 138 cm³/mol. The second-order valence-electron chi connectivity index (χ2n) is 9.89. The van der Waals surface area contributed by atoms with Gasteiger partial charge in [0.1, 0.15) is 43.6 Å². The van der Waals surface area contributed by atoms with Gasteiger partial charge in [0, 0.05) is 54.9 Å². The molecule has 0 aromatic heterocycles. The topological polar surface area (TPSA) is 217 Å². The van der Waals surface area contributed by atoms with Crippen molar-refractivity contribution in [2.24, 2.45) is 0 Å². The highest BCUT2D eigenvalue weighted by atomic mass is 16.7. The molecule has 2 heterocycles. The Balaban J connectivity index is 2.60. The first-order valence-corrected chi connectivity index (χ1v) is 13.4. The minimum atomic E-state index is -1.52. The van der Waals surface area contributed by atoms with E-state index in [9.17, 15) is 33.6 Å². The second-order valence-corrected chi connectivity index (χ2v) is 9.89. The van der Waals surface area contributed by atoms with Crippen molar-refractivity contribution in [2.45, 2.75) is 110 Å². The van der Waals surface area contributed by atoms with E-state index in [1.54, 1.807) is 0 Å². The monoisotopic (exact) mass is 618 g/mol. The van der Waals surface area contributed by atoms with Crippen LogP contribution >= 0.6 is 0 Å². The maximum absolute atomic E-state index is 12.2. The minimum Gasteiger partial charge on any atom is -0.463 e. The third kappa shape index (κ3) is 11.4. The van der Waals surface area contributed by atoms with Gasteiger partial charge in [0.2, 0.25) is 18.1 Å². The van der Waals surface area contributed by atoms with Crippen LogP contribution in [0.4, 0.5) is 0 Å². The number of hydrogen-bond donors (Lipinski definition) is 2. The van der Waals surface area contributed by atoms with E-state index in [4.69, 9.17) is 37.9 Å². The van der Waals surface area contributed by atoms with E-state index in [0.29, 0.717) is 0 Å². The van der Waals surface area contributed by atoms with Crippen LogP contribution in [0.1, 0.15) is 54.9 Å². The number of esters is 5. The summed E-state index contributed by atoms with van der Waals surface area (Å²) < 4.78 is 44.6. The lowest BCUT2D eigenvalue weighted by Gasteiger charge is -2.48. The molecule has 0 radical (unpaired) electrons. The molecule has 0 bridgehead atoms. The first-order valence-electron chi connectivity index (χ1n) is 13.4. The molecule has 17 nitrogen and oxygen atoms in total. The Morgan fingerprint density at radius 1 is 0.605 bits per heavy atom. The number of rotatable bonds is 11. The van der Waals surface area contributed by atoms with Crippen LogP contribution in [0.5, 0.6) is 0 Å². The molecule has 2 aliphatic heterocycles. The van der Waals surface area contributed by atoms with Crippen molar-refractivity contribution in [3.63, 3.8) is 0 Å². The van der Waals surface area contributed by atoms with Gasteiger partial charge in [0.25, 0.3) is 0 Å². The van der Waals surface area contributed by atoms with Crippen molar-refractivity contribution in [1.29, 1.82) is 0 Å². The maximum Gasteiger partial charge on any atom is 0.305 e. The van der Waals surface area contributed by atoms with Gasteiger partial charge < -0.3 is 48.5 Å². The zero-order chi connectivity index (χ0) is 32.4. The maximum atomic E-state index is 12.2. The molecule has 2 N–H and O–H groups in total. The molecule has 242 valence electrons. The van der Waals surface area contributed by atoms with E-state index in [1.807, 2.05) is 0 Å². The highest BCUT2D eigenvalue weighted by molar-refractivity contribution is 5.74. The van der Waals surface area contributed by atoms with Crippen molar-refractivity contribution < 1.29 is 71.5 Å². The van der Waals surface area contributed by atoms with Crippen LogP contribution in [0.3, 0.4) is 0 Å². The van der Waals surface area contributed by atoms with Gasteiger partial charge in [-0.3, -0.25) is 33.6 Å². The van der Waals surface area contributed by atoms with Gasteiger partial charge in [-0.1, -0.05) is 0 Å². The molecule has 17 heteroatoms. The van der Waals surface area contributed by atoms with Gasteiger partial charge in [0.15, 0.2) is 12.4 Å². The van der Waals surface area contributed by atoms with Crippen molar-refractivity contribution in [2.75, 3.05) is 13.2 Å². The lowest BCUT2D eigenvalue weighted by molar-refractivity contribution is -0.320. The second kappa shape index (κ2) is 16.1. The molecule has 2 rings (SSSR count). The summed E-state index contributed by atoms with van der Waals surface area (Å²) in [5.41, 5.74) is 0. The van der Waals surface area contributed by atoms with E-state index in [-0.39, 0.29) is 13.0 Å². The van der Waals surface area contributed by atoms with E-state index in [1.165, 1.54) is 13.8 Å². The van der Waals surface area contributed by atoms with Gasteiger partial charge in [0.05, 0.1) is 6.10 Å². The third-order valence-corrected chi connectivity index (χ3v) is 6.02. The molecular weight excluding hydrogens is 580 g/mol. The molecule has 2 aliphatic rings. The molecule has 0 aromatic carbocycles. The Morgan fingerprint density at radius 3 is 1.65 bits per heavy atom. The number of ether oxygens (including phenoxy) is 8. The van der Waals surface area contributed by atoms with Crippen LogP contribution in [0.15, 0.2) is 0 Å². The molecule has 0 spiro atoms. The Bertz CT molecular complexity index is 1070. The van der Waals surface area contributed by atoms with Crippen LogP contribution in [-0.2, 0) is 71.5 Å². The fourth-order valence-corrected chi connectivity index (χ4v) is 4.62. The summed E-state index contributed by atoms with van der Waals surface area (Å²) in [6.45, 7) is 7.25. The molecule has 2 fully saturated rings. The summed E-state index contributed by atoms with van der Waals surface area (Å²) in [6.07, 6.45) is -9.10. The summed E-state index contributed by atoms with van der Waals surface area (Å²) in [7, 11) is 0. The molecule has 0 saturated carbocycles.